The summed E-state index contributed by atoms with van der Waals surface area (Å²) in [5.74, 6) is 5.85. The fraction of sp³-hybridized carbons (Fsp3) is 0.0221. The Kier molecular flexibility index (Phi) is 20.4. The van der Waals surface area contributed by atoms with Crippen LogP contribution in [-0.4, -0.2) is 44.9 Å². The third-order valence-electron chi connectivity index (χ3n) is 29.4. The van der Waals surface area contributed by atoms with Gasteiger partial charge in [0.2, 0.25) is 0 Å². The van der Waals surface area contributed by atoms with Crippen LogP contribution >= 0.6 is 0 Å². The minimum Gasteiger partial charge on any atom is -0.456 e. The van der Waals surface area contributed by atoms with Crippen LogP contribution in [0.25, 0.3) is 287 Å². The lowest BCUT2D eigenvalue weighted by atomic mass is 9.82. The van der Waals surface area contributed by atoms with Crippen molar-refractivity contribution in [1.29, 1.82) is 0 Å². The normalized spacial score (nSPS) is 12.2. The van der Waals surface area contributed by atoms with E-state index in [9.17, 15) is 0 Å². The molecule has 686 valence electrons. The van der Waals surface area contributed by atoms with Gasteiger partial charge in [-0.2, -0.15) is 0 Å². The lowest BCUT2D eigenvalue weighted by Gasteiger charge is -2.21. The van der Waals surface area contributed by atoms with Gasteiger partial charge >= 0.3 is 0 Å². The van der Waals surface area contributed by atoms with E-state index in [0.29, 0.717) is 52.4 Å². The molecule has 5 aromatic heterocycles. The molecule has 0 spiro atoms. The van der Waals surface area contributed by atoms with Gasteiger partial charge in [-0.15, -0.1) is 0 Å². The molecule has 0 amide bonds. The highest BCUT2D eigenvalue weighted by Crippen LogP contribution is 2.54. The maximum atomic E-state index is 6.27. The summed E-state index contributed by atoms with van der Waals surface area (Å²) in [6.45, 7) is 4.68. The predicted octanol–water partition coefficient (Wildman–Crippen LogP) is 35.6. The number of fused-ring (bicyclic) bond motifs is 25. The number of rotatable bonds is 11. The van der Waals surface area contributed by atoms with Crippen LogP contribution in [-0.2, 0) is 5.41 Å². The average Bonchev–Trinajstić information content (AvgIpc) is 1.55. The van der Waals surface area contributed by atoms with Crippen molar-refractivity contribution < 1.29 is 8.83 Å². The maximum Gasteiger partial charge on any atom is 0.164 e. The van der Waals surface area contributed by atoms with Gasteiger partial charge in [-0.3, -0.25) is 0 Å². The van der Waals surface area contributed by atoms with E-state index in [1.54, 1.807) is 0 Å². The molecule has 0 bridgehead atoms. The highest BCUT2D eigenvalue weighted by molar-refractivity contribution is 6.29. The Morgan fingerprint density at radius 3 is 0.850 bits per heavy atom. The Morgan fingerprint density at radius 1 is 0.150 bits per heavy atom. The van der Waals surface area contributed by atoms with E-state index in [4.69, 9.17) is 53.7 Å². The van der Waals surface area contributed by atoms with E-state index in [0.717, 1.165) is 138 Å². The van der Waals surface area contributed by atoms with Crippen molar-refractivity contribution >= 4 is 152 Å². The standard InChI is InChI=1S/C46H31N3.2C45H27N3O/c1-46(2)39-14-8-7-13-37(39)42-40(46)24-23-31-19-17-30-18-22-36(27-38(30)41(31)42)45-48-43(34-20-15-28-9-3-5-11-32(28)25-34)47-44(49-45)35-21-16-29-10-4-6-12-33(29)26-35;1-2-10-31(11-3-1)43-46-44(48-45(47-43)36-22-17-28-9-4-5-12-32(28)25-36)35-14-8-13-33(26-35)34-21-19-29-18-20-30-23-24-40-42(41(30)38(29)27-34)37-15-6-7-16-39(37)49-40;1-2-9-32(10-3-1)43-46-44(48-45(47-43)36-23-16-28-8-4-5-11-34(28)26-36)33-20-14-29(15-21-33)35-22-18-30-17-19-31-24-25-40-42(41(31)38(30)27-35)37-12-6-7-13-39(37)49-40/h3-27H,1-2H3;2*1-27H. The van der Waals surface area contributed by atoms with Crippen molar-refractivity contribution in [1.82, 2.24) is 44.9 Å². The van der Waals surface area contributed by atoms with Crippen molar-refractivity contribution in [2.75, 3.05) is 0 Å². The summed E-state index contributed by atoms with van der Waals surface area (Å²) in [4.78, 5) is 45.3. The van der Waals surface area contributed by atoms with E-state index >= 15 is 0 Å². The van der Waals surface area contributed by atoms with Crippen molar-refractivity contribution in [2.24, 2.45) is 0 Å². The summed E-state index contributed by atoms with van der Waals surface area (Å²) >= 11 is 0. The van der Waals surface area contributed by atoms with Gasteiger partial charge in [0.05, 0.1) is 0 Å². The van der Waals surface area contributed by atoms with Crippen LogP contribution in [0.1, 0.15) is 25.0 Å². The monoisotopic (exact) mass is 1880 g/mol. The zero-order valence-electron chi connectivity index (χ0n) is 80.0. The van der Waals surface area contributed by atoms with Crippen LogP contribution in [0.5, 0.6) is 0 Å². The van der Waals surface area contributed by atoms with E-state index in [2.05, 4.69) is 408 Å². The first-order valence-corrected chi connectivity index (χ1v) is 49.7. The predicted molar refractivity (Wildman–Crippen MR) is 606 cm³/mol. The third-order valence-corrected chi connectivity index (χ3v) is 29.4. The van der Waals surface area contributed by atoms with Crippen molar-refractivity contribution in [3.8, 4) is 136 Å². The zero-order chi connectivity index (χ0) is 97.3. The van der Waals surface area contributed by atoms with E-state index < -0.39 is 0 Å². The van der Waals surface area contributed by atoms with Crippen LogP contribution in [0.2, 0.25) is 0 Å². The van der Waals surface area contributed by atoms with Crippen LogP contribution in [0.15, 0.2) is 488 Å². The average molecular weight is 1880 g/mol. The fourth-order valence-electron chi connectivity index (χ4n) is 22.0. The number of para-hydroxylation sites is 2. The second-order valence-corrected chi connectivity index (χ2v) is 38.6. The van der Waals surface area contributed by atoms with Gasteiger partial charge in [0, 0.05) is 87.8 Å². The Hall–Kier alpha value is -19.5. The number of aromatic nitrogens is 9. The zero-order valence-corrected chi connectivity index (χ0v) is 80.0. The minimum absolute atomic E-state index is 0.0718. The second-order valence-electron chi connectivity index (χ2n) is 38.6. The third kappa shape index (κ3) is 15.3. The molecule has 24 aromatic carbocycles. The Balaban J connectivity index is 0.000000107. The number of nitrogens with zero attached hydrogens (tertiary/aromatic N) is 9. The van der Waals surface area contributed by atoms with Crippen molar-refractivity contribution in [3.05, 3.63) is 490 Å². The molecule has 11 nitrogen and oxygen atoms in total. The van der Waals surface area contributed by atoms with E-state index in [1.807, 2.05) is 84.9 Å². The fourth-order valence-corrected chi connectivity index (χ4v) is 22.0. The van der Waals surface area contributed by atoms with Crippen molar-refractivity contribution in [2.45, 2.75) is 19.3 Å². The Labute approximate surface area is 844 Å². The molecule has 0 saturated heterocycles. The summed E-state index contributed by atoms with van der Waals surface area (Å²) in [6.07, 6.45) is 0. The summed E-state index contributed by atoms with van der Waals surface area (Å²) < 4.78 is 12.5. The number of furan rings is 2. The molecule has 0 radical (unpaired) electrons. The molecule has 11 heteroatoms. The van der Waals surface area contributed by atoms with Gasteiger partial charge in [0.15, 0.2) is 52.4 Å². The summed E-state index contributed by atoms with van der Waals surface area (Å²) in [6, 6.07) is 168. The largest absolute Gasteiger partial charge is 0.456 e. The first-order valence-electron chi connectivity index (χ1n) is 49.7. The Bertz CT molecular complexity index is 10400. The smallest absolute Gasteiger partial charge is 0.164 e. The van der Waals surface area contributed by atoms with Gasteiger partial charge in [-0.25, -0.2) is 44.9 Å². The van der Waals surface area contributed by atoms with Crippen LogP contribution in [0, 0.1) is 0 Å². The molecule has 0 unspecified atom stereocenters. The Morgan fingerprint density at radius 2 is 0.415 bits per heavy atom. The molecule has 0 saturated carbocycles. The molecule has 29 aromatic rings. The van der Waals surface area contributed by atoms with Crippen LogP contribution < -0.4 is 0 Å². The van der Waals surface area contributed by atoms with Gasteiger partial charge in [-0.05, 0) is 214 Å². The number of hydrogen-bond acceptors (Lipinski definition) is 11. The van der Waals surface area contributed by atoms with E-state index in [1.165, 1.54) is 108 Å². The quantitative estimate of drug-likeness (QED) is 0.114. The van der Waals surface area contributed by atoms with Crippen LogP contribution in [0.3, 0.4) is 0 Å². The topological polar surface area (TPSA) is 142 Å². The van der Waals surface area contributed by atoms with Gasteiger partial charge in [0.25, 0.3) is 0 Å². The molecular formula is C136H85N9O2. The maximum absolute atomic E-state index is 6.27. The molecule has 1 aliphatic rings. The van der Waals surface area contributed by atoms with Gasteiger partial charge in [-0.1, -0.05) is 420 Å². The highest BCUT2D eigenvalue weighted by atomic mass is 16.3. The van der Waals surface area contributed by atoms with E-state index in [-0.39, 0.29) is 5.41 Å². The number of hydrogen-bond donors (Lipinski definition) is 0. The molecule has 5 heterocycles. The SMILES string of the molecule is CC1(C)c2ccccc2-c2c1ccc1ccc3ccc(-c4nc(-c5ccc6ccccc6c5)nc(-c5ccc6ccccc6c5)n4)cc3c21.c1ccc(-c2nc(-c3ccc(-c4ccc5ccc6ccc7oc8ccccc8c7c6c5c4)cc3)nc(-c3ccc4ccccc4c3)n2)cc1.c1ccc(-c2nc(-c3cccc(-c4ccc5ccc6ccc7oc8ccccc8c7c6c5c4)c3)nc(-c3ccc4ccccc4c3)n2)cc1. The highest BCUT2D eigenvalue weighted by Gasteiger charge is 2.37. The molecule has 0 atom stereocenters. The molecule has 0 N–H and O–H groups in total. The minimum atomic E-state index is -0.0718. The lowest BCUT2D eigenvalue weighted by Crippen LogP contribution is -2.14. The molecule has 1 aliphatic carbocycles. The first kappa shape index (κ1) is 85.5. The van der Waals surface area contributed by atoms with Gasteiger partial charge in [0.1, 0.15) is 22.3 Å². The molecule has 147 heavy (non-hydrogen) atoms. The molecule has 30 rings (SSSR count). The molecule has 0 fully saturated rings. The van der Waals surface area contributed by atoms with Crippen molar-refractivity contribution in [3.63, 3.8) is 0 Å². The molecular weight excluding hydrogens is 1790 g/mol. The summed E-state index contributed by atoms with van der Waals surface area (Å²) in [5, 5.41) is 28.5. The summed E-state index contributed by atoms with van der Waals surface area (Å²) in [5.41, 5.74) is 22.0. The second kappa shape index (κ2) is 35.0. The lowest BCUT2D eigenvalue weighted by molar-refractivity contribution is 0.661. The number of benzene rings is 24. The van der Waals surface area contributed by atoms with Gasteiger partial charge < -0.3 is 8.83 Å². The molecule has 0 aliphatic heterocycles. The first-order chi connectivity index (χ1) is 72.5. The van der Waals surface area contributed by atoms with Crippen LogP contribution in [0.4, 0.5) is 0 Å². The summed E-state index contributed by atoms with van der Waals surface area (Å²) in [7, 11) is 0.